The van der Waals surface area contributed by atoms with Crippen molar-refractivity contribution in [2.45, 2.75) is 39.7 Å². The number of allylic oxidation sites excluding steroid dienone is 1. The molecule has 0 aliphatic heterocycles. The van der Waals surface area contributed by atoms with Crippen molar-refractivity contribution in [2.24, 2.45) is 5.92 Å². The molecule has 1 unspecified atom stereocenters. The second-order valence-corrected chi connectivity index (χ2v) is 3.53. The first-order chi connectivity index (χ1) is 6.11. The number of hydrogen-bond donors (Lipinski definition) is 0. The minimum absolute atomic E-state index is 0.141. The number of methoxy groups -OCH3 is 1. The summed E-state index contributed by atoms with van der Waals surface area (Å²) in [5.41, 5.74) is 0. The van der Waals surface area contributed by atoms with Crippen molar-refractivity contribution in [2.75, 3.05) is 7.11 Å². The number of ether oxygens (including phenoxy) is 1. The number of carbonyl (C=O) groups excluding carboxylic acids is 1. The molecule has 2 heteroatoms. The van der Waals surface area contributed by atoms with Gasteiger partial charge in [-0.25, -0.2) is 0 Å². The number of carbonyl (C=O) groups is 1. The average molecular weight is 184 g/mol. The van der Waals surface area contributed by atoms with E-state index in [1.807, 2.05) is 19.1 Å². The molecule has 0 saturated heterocycles. The molecular formula is C11H20O2. The van der Waals surface area contributed by atoms with Crippen LogP contribution in [0.25, 0.3) is 0 Å². The Morgan fingerprint density at radius 1 is 1.46 bits per heavy atom. The number of rotatable bonds is 6. The molecule has 0 rings (SSSR count). The summed E-state index contributed by atoms with van der Waals surface area (Å²) in [6.07, 6.45) is 5.06. The van der Waals surface area contributed by atoms with Crippen LogP contribution in [0.4, 0.5) is 0 Å². The predicted octanol–water partition coefficient (Wildman–Crippen LogP) is 2.58. The molecule has 13 heavy (non-hydrogen) atoms. The van der Waals surface area contributed by atoms with Crippen molar-refractivity contribution in [1.29, 1.82) is 0 Å². The molecule has 1 atom stereocenters. The minimum atomic E-state index is -0.344. The van der Waals surface area contributed by atoms with Gasteiger partial charge in [-0.3, -0.25) is 4.79 Å². The lowest BCUT2D eigenvalue weighted by atomic mass is 10.1. The van der Waals surface area contributed by atoms with Crippen molar-refractivity contribution in [3.8, 4) is 0 Å². The Labute approximate surface area is 81.0 Å². The molecule has 0 radical (unpaired) electrons. The molecule has 0 heterocycles. The highest BCUT2D eigenvalue weighted by Gasteiger charge is 2.10. The number of hydrogen-bond acceptors (Lipinski definition) is 2. The fourth-order valence-corrected chi connectivity index (χ4v) is 0.993. The van der Waals surface area contributed by atoms with Crippen molar-refractivity contribution >= 4 is 5.78 Å². The molecule has 0 aromatic carbocycles. The molecule has 0 aromatic heterocycles. The molecule has 0 bridgehead atoms. The van der Waals surface area contributed by atoms with E-state index in [1.54, 1.807) is 7.11 Å². The van der Waals surface area contributed by atoms with Crippen molar-refractivity contribution in [3.05, 3.63) is 12.2 Å². The molecule has 76 valence electrons. The summed E-state index contributed by atoms with van der Waals surface area (Å²) in [6, 6.07) is 0. The average Bonchev–Trinajstić information content (AvgIpc) is 2.11. The van der Waals surface area contributed by atoms with E-state index in [-0.39, 0.29) is 11.9 Å². The van der Waals surface area contributed by atoms with Crippen molar-refractivity contribution < 1.29 is 9.53 Å². The molecule has 0 saturated carbocycles. The van der Waals surface area contributed by atoms with Gasteiger partial charge in [0.25, 0.3) is 0 Å². The van der Waals surface area contributed by atoms with Crippen LogP contribution in [-0.4, -0.2) is 19.0 Å². The summed E-state index contributed by atoms with van der Waals surface area (Å²) in [6.45, 7) is 6.15. The van der Waals surface area contributed by atoms with Crippen LogP contribution in [0.5, 0.6) is 0 Å². The molecule has 0 amide bonds. The van der Waals surface area contributed by atoms with Gasteiger partial charge in [0.05, 0.1) is 0 Å². The standard InChI is InChI=1S/C11H20O2/c1-5-10(12)11(13-4)8-6-7-9(2)3/h6,8-9,11H,5,7H2,1-4H3. The summed E-state index contributed by atoms with van der Waals surface area (Å²) in [7, 11) is 1.57. The maximum absolute atomic E-state index is 11.2. The van der Waals surface area contributed by atoms with Gasteiger partial charge >= 0.3 is 0 Å². The maximum Gasteiger partial charge on any atom is 0.165 e. The smallest absolute Gasteiger partial charge is 0.165 e. The lowest BCUT2D eigenvalue weighted by Crippen LogP contribution is -2.19. The van der Waals surface area contributed by atoms with Crippen molar-refractivity contribution in [3.63, 3.8) is 0 Å². The van der Waals surface area contributed by atoms with Gasteiger partial charge in [-0.15, -0.1) is 0 Å². The van der Waals surface area contributed by atoms with Gasteiger partial charge in [0.1, 0.15) is 6.10 Å². The van der Waals surface area contributed by atoms with Gasteiger partial charge in [0, 0.05) is 13.5 Å². The van der Waals surface area contributed by atoms with Gasteiger partial charge in [-0.1, -0.05) is 32.9 Å². The minimum Gasteiger partial charge on any atom is -0.370 e. The first-order valence-corrected chi connectivity index (χ1v) is 4.84. The molecule has 2 nitrogen and oxygen atoms in total. The SMILES string of the molecule is CCC(=O)C(C=CCC(C)C)OC. The lowest BCUT2D eigenvalue weighted by molar-refractivity contribution is -0.125. The van der Waals surface area contributed by atoms with E-state index < -0.39 is 0 Å². The van der Waals surface area contributed by atoms with E-state index in [2.05, 4.69) is 13.8 Å². The Kier molecular flexibility index (Phi) is 6.51. The normalized spacial score (nSPS) is 13.9. The topological polar surface area (TPSA) is 26.3 Å². The van der Waals surface area contributed by atoms with E-state index in [1.165, 1.54) is 0 Å². The van der Waals surface area contributed by atoms with Crippen LogP contribution in [0, 0.1) is 5.92 Å². The van der Waals surface area contributed by atoms with Gasteiger partial charge in [-0.05, 0) is 12.3 Å². The first-order valence-electron chi connectivity index (χ1n) is 4.84. The van der Waals surface area contributed by atoms with E-state index in [9.17, 15) is 4.79 Å². The van der Waals surface area contributed by atoms with Crippen LogP contribution < -0.4 is 0 Å². The quantitative estimate of drug-likeness (QED) is 0.593. The monoisotopic (exact) mass is 184 g/mol. The van der Waals surface area contributed by atoms with E-state index >= 15 is 0 Å². The van der Waals surface area contributed by atoms with E-state index in [0.717, 1.165) is 6.42 Å². The predicted molar refractivity (Wildman–Crippen MR) is 54.7 cm³/mol. The highest BCUT2D eigenvalue weighted by Crippen LogP contribution is 2.03. The Morgan fingerprint density at radius 2 is 2.08 bits per heavy atom. The largest absolute Gasteiger partial charge is 0.370 e. The fraction of sp³-hybridized carbons (Fsp3) is 0.727. The molecule has 0 aliphatic carbocycles. The van der Waals surface area contributed by atoms with Crippen LogP contribution in [0.3, 0.4) is 0 Å². The third kappa shape index (κ3) is 5.58. The number of Topliss-reactive ketones (excluding diaryl/α,β-unsaturated/α-hetero) is 1. The van der Waals surface area contributed by atoms with Crippen molar-refractivity contribution in [1.82, 2.24) is 0 Å². The van der Waals surface area contributed by atoms with Gasteiger partial charge < -0.3 is 4.74 Å². The second-order valence-electron chi connectivity index (χ2n) is 3.53. The first kappa shape index (κ1) is 12.4. The lowest BCUT2D eigenvalue weighted by Gasteiger charge is -2.07. The van der Waals surface area contributed by atoms with E-state index in [0.29, 0.717) is 12.3 Å². The van der Waals surface area contributed by atoms with Crippen LogP contribution in [0.1, 0.15) is 33.6 Å². The van der Waals surface area contributed by atoms with Crippen LogP contribution in [0.15, 0.2) is 12.2 Å². The number of ketones is 1. The Hall–Kier alpha value is -0.630. The molecule has 0 N–H and O–H groups in total. The van der Waals surface area contributed by atoms with Crippen LogP contribution in [-0.2, 0) is 9.53 Å². The highest BCUT2D eigenvalue weighted by molar-refractivity contribution is 5.84. The van der Waals surface area contributed by atoms with E-state index in [4.69, 9.17) is 4.74 Å². The maximum atomic E-state index is 11.2. The molecule has 0 aliphatic rings. The third-order valence-electron chi connectivity index (χ3n) is 1.84. The summed E-state index contributed by atoms with van der Waals surface area (Å²) in [4.78, 5) is 11.2. The summed E-state index contributed by atoms with van der Waals surface area (Å²) < 4.78 is 5.05. The zero-order chi connectivity index (χ0) is 10.3. The van der Waals surface area contributed by atoms with Crippen LogP contribution in [0.2, 0.25) is 0 Å². The van der Waals surface area contributed by atoms with Crippen LogP contribution >= 0.6 is 0 Å². The van der Waals surface area contributed by atoms with Gasteiger partial charge in [0.15, 0.2) is 5.78 Å². The zero-order valence-corrected chi connectivity index (χ0v) is 9.04. The van der Waals surface area contributed by atoms with Gasteiger partial charge in [0.2, 0.25) is 0 Å². The molecular weight excluding hydrogens is 164 g/mol. The summed E-state index contributed by atoms with van der Waals surface area (Å²) >= 11 is 0. The zero-order valence-electron chi connectivity index (χ0n) is 9.04. The Morgan fingerprint density at radius 3 is 2.46 bits per heavy atom. The highest BCUT2D eigenvalue weighted by atomic mass is 16.5. The molecule has 0 fully saturated rings. The molecule has 0 spiro atoms. The van der Waals surface area contributed by atoms with Gasteiger partial charge in [-0.2, -0.15) is 0 Å². The summed E-state index contributed by atoms with van der Waals surface area (Å²) in [5.74, 6) is 0.771. The Balaban J connectivity index is 3.97. The third-order valence-corrected chi connectivity index (χ3v) is 1.84. The second kappa shape index (κ2) is 6.84. The Bertz CT molecular complexity index is 171. The molecule has 0 aromatic rings. The summed E-state index contributed by atoms with van der Waals surface area (Å²) in [5, 5.41) is 0. The fourth-order valence-electron chi connectivity index (χ4n) is 0.993.